The molecule has 0 bridgehead atoms. The van der Waals surface area contributed by atoms with Crippen LogP contribution < -0.4 is 0 Å². The molecular weight excluding hydrogens is 258 g/mol. The van der Waals surface area contributed by atoms with Gasteiger partial charge in [0.05, 0.1) is 12.4 Å². The first kappa shape index (κ1) is 15.1. The van der Waals surface area contributed by atoms with Crippen molar-refractivity contribution < 1.29 is 23.1 Å². The van der Waals surface area contributed by atoms with Gasteiger partial charge in [-0.2, -0.15) is 4.31 Å². The van der Waals surface area contributed by atoms with Gasteiger partial charge in [0.15, 0.2) is 0 Å². The molecule has 0 radical (unpaired) electrons. The smallest absolute Gasteiger partial charge is 0.303 e. The van der Waals surface area contributed by atoms with Crippen LogP contribution in [0.25, 0.3) is 0 Å². The van der Waals surface area contributed by atoms with Gasteiger partial charge < -0.3 is 9.84 Å². The van der Waals surface area contributed by atoms with Gasteiger partial charge in [0.2, 0.25) is 10.0 Å². The molecule has 0 aliphatic carbocycles. The minimum atomic E-state index is -3.33. The highest BCUT2D eigenvalue weighted by Crippen LogP contribution is 2.15. The van der Waals surface area contributed by atoms with Crippen molar-refractivity contribution in [1.29, 1.82) is 0 Å². The van der Waals surface area contributed by atoms with Gasteiger partial charge in [-0.05, 0) is 18.4 Å². The van der Waals surface area contributed by atoms with E-state index in [4.69, 9.17) is 9.84 Å². The maximum Gasteiger partial charge on any atom is 0.303 e. The lowest BCUT2D eigenvalue weighted by Crippen LogP contribution is -2.37. The number of carboxylic acid groups (broad SMARTS) is 1. The van der Waals surface area contributed by atoms with Crippen molar-refractivity contribution in [2.75, 3.05) is 32.6 Å². The fraction of sp³-hybridized carbons (Fsp3) is 0.727. The van der Waals surface area contributed by atoms with Crippen LogP contribution in [0, 0.1) is 0 Å². The minimum Gasteiger partial charge on any atom is -0.481 e. The summed E-state index contributed by atoms with van der Waals surface area (Å²) in [5, 5.41) is 8.48. The van der Waals surface area contributed by atoms with Gasteiger partial charge in [0.1, 0.15) is 0 Å². The fourth-order valence-corrected chi connectivity index (χ4v) is 3.24. The molecule has 0 amide bonds. The van der Waals surface area contributed by atoms with Crippen LogP contribution in [0.4, 0.5) is 0 Å². The highest BCUT2D eigenvalue weighted by molar-refractivity contribution is 7.89. The molecule has 0 aromatic carbocycles. The van der Waals surface area contributed by atoms with Crippen molar-refractivity contribution in [3.8, 4) is 0 Å². The average molecular weight is 277 g/mol. The van der Waals surface area contributed by atoms with Gasteiger partial charge in [0.25, 0.3) is 0 Å². The van der Waals surface area contributed by atoms with Gasteiger partial charge >= 0.3 is 5.97 Å². The van der Waals surface area contributed by atoms with E-state index in [1.807, 2.05) is 6.08 Å². The predicted molar refractivity (Wildman–Crippen MR) is 66.8 cm³/mol. The van der Waals surface area contributed by atoms with Crippen LogP contribution in [0.15, 0.2) is 11.6 Å². The van der Waals surface area contributed by atoms with Crippen molar-refractivity contribution in [1.82, 2.24) is 4.31 Å². The summed E-state index contributed by atoms with van der Waals surface area (Å²) in [5.41, 5.74) is 1.11. The Balaban J connectivity index is 2.47. The highest BCUT2D eigenvalue weighted by Gasteiger charge is 2.23. The zero-order valence-electron chi connectivity index (χ0n) is 10.5. The van der Waals surface area contributed by atoms with Crippen LogP contribution in [0.5, 0.6) is 0 Å². The summed E-state index contributed by atoms with van der Waals surface area (Å²) in [4.78, 5) is 10.3. The zero-order valence-corrected chi connectivity index (χ0v) is 11.3. The van der Waals surface area contributed by atoms with Gasteiger partial charge in [-0.1, -0.05) is 6.08 Å². The Hall–Kier alpha value is -0.920. The largest absolute Gasteiger partial charge is 0.481 e. The quantitative estimate of drug-likeness (QED) is 0.683. The molecule has 0 saturated carbocycles. The second-order valence-electron chi connectivity index (χ2n) is 4.22. The van der Waals surface area contributed by atoms with E-state index in [2.05, 4.69) is 0 Å². The molecule has 0 unspecified atom stereocenters. The fourth-order valence-electron chi connectivity index (χ4n) is 1.80. The Morgan fingerprint density at radius 1 is 1.56 bits per heavy atom. The van der Waals surface area contributed by atoms with E-state index in [1.54, 1.807) is 7.11 Å². The van der Waals surface area contributed by atoms with Gasteiger partial charge in [-0.25, -0.2) is 8.42 Å². The normalized spacial score (nSPS) is 17.5. The maximum absolute atomic E-state index is 11.9. The minimum absolute atomic E-state index is 0.104. The lowest BCUT2D eigenvalue weighted by molar-refractivity contribution is -0.137. The molecule has 1 heterocycles. The molecule has 1 aliphatic heterocycles. The molecule has 1 aliphatic rings. The van der Waals surface area contributed by atoms with Gasteiger partial charge in [-0.3, -0.25) is 4.79 Å². The number of methoxy groups -OCH3 is 1. The van der Waals surface area contributed by atoms with E-state index < -0.39 is 16.0 Å². The molecule has 0 aromatic heterocycles. The van der Waals surface area contributed by atoms with Crippen molar-refractivity contribution >= 4 is 16.0 Å². The number of rotatable bonds is 7. The number of sulfonamides is 1. The summed E-state index contributed by atoms with van der Waals surface area (Å²) >= 11 is 0. The van der Waals surface area contributed by atoms with Crippen molar-refractivity contribution in [2.45, 2.75) is 19.3 Å². The molecule has 1 N–H and O–H groups in total. The summed E-state index contributed by atoms with van der Waals surface area (Å²) in [5.74, 6) is -1.07. The molecule has 0 saturated heterocycles. The molecule has 6 nitrogen and oxygen atoms in total. The highest BCUT2D eigenvalue weighted by atomic mass is 32.2. The zero-order chi connectivity index (χ0) is 13.6. The molecule has 1 rings (SSSR count). The molecule has 7 heteroatoms. The lowest BCUT2D eigenvalue weighted by atomic mass is 10.1. The van der Waals surface area contributed by atoms with E-state index in [0.717, 1.165) is 5.57 Å². The number of ether oxygens (including phenoxy) is 1. The first-order chi connectivity index (χ1) is 8.45. The van der Waals surface area contributed by atoms with Crippen LogP contribution in [-0.2, 0) is 19.6 Å². The molecule has 0 spiro atoms. The van der Waals surface area contributed by atoms with Crippen molar-refractivity contribution in [3.05, 3.63) is 11.6 Å². The topological polar surface area (TPSA) is 83.9 Å². The Bertz CT molecular complexity index is 415. The summed E-state index contributed by atoms with van der Waals surface area (Å²) in [6.45, 7) is 1.34. The van der Waals surface area contributed by atoms with E-state index in [1.165, 1.54) is 4.31 Å². The monoisotopic (exact) mass is 277 g/mol. The van der Waals surface area contributed by atoms with Crippen molar-refractivity contribution in [3.63, 3.8) is 0 Å². The molecular formula is C11H19NO5S. The van der Waals surface area contributed by atoms with Crippen LogP contribution in [0.2, 0.25) is 0 Å². The summed E-state index contributed by atoms with van der Waals surface area (Å²) in [6.07, 6.45) is 2.58. The Labute approximate surface area is 107 Å². The van der Waals surface area contributed by atoms with Crippen LogP contribution in [0.1, 0.15) is 19.3 Å². The van der Waals surface area contributed by atoms with Crippen LogP contribution in [0.3, 0.4) is 0 Å². The van der Waals surface area contributed by atoms with Crippen LogP contribution in [-0.4, -0.2) is 56.4 Å². The molecule has 0 aromatic rings. The van der Waals surface area contributed by atoms with E-state index in [9.17, 15) is 13.2 Å². The number of aliphatic carboxylic acids is 1. The van der Waals surface area contributed by atoms with Crippen LogP contribution >= 0.6 is 0 Å². The standard InChI is InChI=1S/C11H19NO5S/c1-17-9-10-4-6-12(7-5-10)18(15,16)8-2-3-11(13)14/h4H,2-3,5-9H2,1H3,(H,13,14). The van der Waals surface area contributed by atoms with E-state index in [0.29, 0.717) is 26.1 Å². The third kappa shape index (κ3) is 4.75. The Morgan fingerprint density at radius 2 is 2.28 bits per heavy atom. The van der Waals surface area contributed by atoms with Gasteiger partial charge in [0, 0.05) is 26.6 Å². The Kier molecular flexibility index (Phi) is 5.77. The number of nitrogens with zero attached hydrogens (tertiary/aromatic N) is 1. The number of carbonyl (C=O) groups is 1. The summed E-state index contributed by atoms with van der Waals surface area (Å²) in [7, 11) is -1.73. The number of hydrogen-bond donors (Lipinski definition) is 1. The first-order valence-electron chi connectivity index (χ1n) is 5.82. The molecule has 0 atom stereocenters. The summed E-state index contributed by atoms with van der Waals surface area (Å²) < 4.78 is 30.2. The van der Waals surface area contributed by atoms with E-state index in [-0.39, 0.29) is 18.6 Å². The third-order valence-electron chi connectivity index (χ3n) is 2.78. The number of hydrogen-bond acceptors (Lipinski definition) is 4. The summed E-state index contributed by atoms with van der Waals surface area (Å²) in [6, 6.07) is 0. The van der Waals surface area contributed by atoms with Crippen molar-refractivity contribution in [2.24, 2.45) is 0 Å². The molecule has 104 valence electrons. The van der Waals surface area contributed by atoms with Gasteiger partial charge in [-0.15, -0.1) is 0 Å². The predicted octanol–water partition coefficient (Wildman–Crippen LogP) is 0.459. The molecule has 18 heavy (non-hydrogen) atoms. The first-order valence-corrected chi connectivity index (χ1v) is 7.43. The Morgan fingerprint density at radius 3 is 2.78 bits per heavy atom. The second kappa shape index (κ2) is 6.86. The maximum atomic E-state index is 11.9. The van der Waals surface area contributed by atoms with E-state index >= 15 is 0 Å². The SMILES string of the molecule is COCC1=CCN(S(=O)(=O)CCCC(=O)O)CC1. The number of carboxylic acids is 1. The third-order valence-corrected chi connectivity index (χ3v) is 4.70. The second-order valence-corrected chi connectivity index (χ2v) is 6.31. The lowest BCUT2D eigenvalue weighted by Gasteiger charge is -2.25. The molecule has 0 fully saturated rings. The average Bonchev–Trinajstić information content (AvgIpc) is 2.29.